The molecule has 1 atom stereocenters. The monoisotopic (exact) mass is 313 g/mol. The predicted octanol–water partition coefficient (Wildman–Crippen LogP) is 3.30. The minimum atomic E-state index is -0.657. The van der Waals surface area contributed by atoms with Gasteiger partial charge in [0.15, 0.2) is 11.9 Å². The van der Waals surface area contributed by atoms with Crippen molar-refractivity contribution in [3.63, 3.8) is 0 Å². The van der Waals surface area contributed by atoms with E-state index in [-0.39, 0.29) is 11.7 Å². The fourth-order valence-corrected chi connectivity index (χ4v) is 1.94. The van der Waals surface area contributed by atoms with Gasteiger partial charge in [-0.3, -0.25) is 9.59 Å². The highest BCUT2D eigenvalue weighted by molar-refractivity contribution is 5.96. The van der Waals surface area contributed by atoms with Gasteiger partial charge in [0.05, 0.1) is 7.11 Å². The van der Waals surface area contributed by atoms with Gasteiger partial charge in [-0.25, -0.2) is 0 Å². The summed E-state index contributed by atoms with van der Waals surface area (Å²) in [6.45, 7) is 3.17. The van der Waals surface area contributed by atoms with Crippen LogP contribution in [0.2, 0.25) is 0 Å². The molecule has 0 bridgehead atoms. The third kappa shape index (κ3) is 4.57. The van der Waals surface area contributed by atoms with Gasteiger partial charge < -0.3 is 14.8 Å². The van der Waals surface area contributed by atoms with Crippen molar-refractivity contribution in [2.45, 2.75) is 20.0 Å². The van der Waals surface area contributed by atoms with Crippen molar-refractivity contribution < 1.29 is 19.1 Å². The highest BCUT2D eigenvalue weighted by atomic mass is 16.5. The van der Waals surface area contributed by atoms with Gasteiger partial charge in [0.1, 0.15) is 11.5 Å². The smallest absolute Gasteiger partial charge is 0.265 e. The van der Waals surface area contributed by atoms with Crippen molar-refractivity contribution in [1.29, 1.82) is 0 Å². The molecular formula is C18H19NO4. The molecule has 2 rings (SSSR count). The summed E-state index contributed by atoms with van der Waals surface area (Å²) in [4.78, 5) is 23.4. The molecule has 0 saturated carbocycles. The Balaban J connectivity index is 1.94. The zero-order chi connectivity index (χ0) is 16.8. The van der Waals surface area contributed by atoms with E-state index >= 15 is 0 Å². The Labute approximate surface area is 135 Å². The van der Waals surface area contributed by atoms with Gasteiger partial charge >= 0.3 is 0 Å². The fraction of sp³-hybridized carbons (Fsp3) is 0.222. The van der Waals surface area contributed by atoms with Crippen LogP contribution in [-0.2, 0) is 4.79 Å². The molecular weight excluding hydrogens is 294 g/mol. The average Bonchev–Trinajstić information content (AvgIpc) is 2.56. The van der Waals surface area contributed by atoms with Gasteiger partial charge in [-0.2, -0.15) is 0 Å². The van der Waals surface area contributed by atoms with Gasteiger partial charge in [-0.1, -0.05) is 0 Å². The summed E-state index contributed by atoms with van der Waals surface area (Å²) < 4.78 is 10.7. The van der Waals surface area contributed by atoms with Crippen molar-refractivity contribution in [3.8, 4) is 11.5 Å². The number of carbonyl (C=O) groups excluding carboxylic acids is 2. The van der Waals surface area contributed by atoms with Crippen LogP contribution in [0.25, 0.3) is 0 Å². The third-order valence-electron chi connectivity index (χ3n) is 3.30. The van der Waals surface area contributed by atoms with Crippen LogP contribution in [0.3, 0.4) is 0 Å². The summed E-state index contributed by atoms with van der Waals surface area (Å²) in [5, 5.41) is 2.75. The van der Waals surface area contributed by atoms with Crippen molar-refractivity contribution in [2.75, 3.05) is 12.4 Å². The van der Waals surface area contributed by atoms with E-state index in [4.69, 9.17) is 9.47 Å². The number of anilines is 1. The number of methoxy groups -OCH3 is 1. The number of benzene rings is 2. The molecule has 23 heavy (non-hydrogen) atoms. The first-order chi connectivity index (χ1) is 11.0. The molecule has 120 valence electrons. The number of hydrogen-bond donors (Lipinski definition) is 1. The van der Waals surface area contributed by atoms with Crippen molar-refractivity contribution >= 4 is 17.4 Å². The Hall–Kier alpha value is -2.82. The van der Waals surface area contributed by atoms with Crippen LogP contribution in [-0.4, -0.2) is 24.9 Å². The predicted molar refractivity (Wildman–Crippen MR) is 88.2 cm³/mol. The number of hydrogen-bond acceptors (Lipinski definition) is 4. The Kier molecular flexibility index (Phi) is 5.36. The second kappa shape index (κ2) is 7.45. The molecule has 5 heteroatoms. The minimum Gasteiger partial charge on any atom is -0.497 e. The molecule has 0 saturated heterocycles. The van der Waals surface area contributed by atoms with Gasteiger partial charge in [-0.05, 0) is 62.4 Å². The van der Waals surface area contributed by atoms with Gasteiger partial charge in [0, 0.05) is 11.3 Å². The maximum Gasteiger partial charge on any atom is 0.265 e. The molecule has 2 aromatic carbocycles. The average molecular weight is 313 g/mol. The lowest BCUT2D eigenvalue weighted by molar-refractivity contribution is -0.122. The largest absolute Gasteiger partial charge is 0.497 e. The Bertz CT molecular complexity index is 677. The molecule has 2 aromatic rings. The van der Waals surface area contributed by atoms with E-state index in [2.05, 4.69) is 5.32 Å². The Morgan fingerprint density at radius 1 is 0.957 bits per heavy atom. The van der Waals surface area contributed by atoms with Gasteiger partial charge in [-0.15, -0.1) is 0 Å². The van der Waals surface area contributed by atoms with Crippen LogP contribution in [0.15, 0.2) is 48.5 Å². The number of carbonyl (C=O) groups is 2. The highest BCUT2D eigenvalue weighted by Crippen LogP contribution is 2.18. The Morgan fingerprint density at radius 2 is 1.52 bits per heavy atom. The maximum absolute atomic E-state index is 12.1. The maximum atomic E-state index is 12.1. The molecule has 1 amide bonds. The van der Waals surface area contributed by atoms with E-state index in [0.717, 1.165) is 5.75 Å². The summed E-state index contributed by atoms with van der Waals surface area (Å²) in [5.74, 6) is 1.02. The summed E-state index contributed by atoms with van der Waals surface area (Å²) >= 11 is 0. The molecule has 0 aromatic heterocycles. The second-order valence-corrected chi connectivity index (χ2v) is 5.06. The highest BCUT2D eigenvalue weighted by Gasteiger charge is 2.15. The summed E-state index contributed by atoms with van der Waals surface area (Å²) in [6.07, 6.45) is -0.657. The zero-order valence-electron chi connectivity index (χ0n) is 13.3. The lowest BCUT2D eigenvalue weighted by Gasteiger charge is -2.15. The van der Waals surface area contributed by atoms with Crippen LogP contribution in [0.1, 0.15) is 24.2 Å². The van der Waals surface area contributed by atoms with E-state index < -0.39 is 6.10 Å². The minimum absolute atomic E-state index is 0.0147. The van der Waals surface area contributed by atoms with Gasteiger partial charge in [0.2, 0.25) is 0 Å². The summed E-state index contributed by atoms with van der Waals surface area (Å²) in [7, 11) is 1.59. The van der Waals surface area contributed by atoms with Crippen molar-refractivity contribution in [3.05, 3.63) is 54.1 Å². The van der Waals surface area contributed by atoms with Crippen LogP contribution in [0, 0.1) is 0 Å². The zero-order valence-corrected chi connectivity index (χ0v) is 13.3. The van der Waals surface area contributed by atoms with E-state index in [9.17, 15) is 9.59 Å². The van der Waals surface area contributed by atoms with Crippen molar-refractivity contribution in [2.24, 2.45) is 0 Å². The third-order valence-corrected chi connectivity index (χ3v) is 3.30. The van der Waals surface area contributed by atoms with E-state index in [0.29, 0.717) is 17.0 Å². The molecule has 0 spiro atoms. The first kappa shape index (κ1) is 16.5. The van der Waals surface area contributed by atoms with Crippen LogP contribution >= 0.6 is 0 Å². The van der Waals surface area contributed by atoms with Crippen LogP contribution in [0.4, 0.5) is 5.69 Å². The standard InChI is InChI=1S/C18H19NO4/c1-12(20)14-4-6-15(7-5-14)19-18(21)13(2)23-17-10-8-16(22-3)9-11-17/h4-11,13H,1-3H3,(H,19,21). The molecule has 1 unspecified atom stereocenters. The lowest BCUT2D eigenvalue weighted by atomic mass is 10.1. The van der Waals surface area contributed by atoms with E-state index in [1.54, 1.807) is 62.6 Å². The topological polar surface area (TPSA) is 64.6 Å². The number of amides is 1. The molecule has 5 nitrogen and oxygen atoms in total. The van der Waals surface area contributed by atoms with E-state index in [1.807, 2.05) is 0 Å². The SMILES string of the molecule is COc1ccc(OC(C)C(=O)Nc2ccc(C(C)=O)cc2)cc1. The number of nitrogens with one attached hydrogen (secondary N) is 1. The molecule has 0 aliphatic rings. The first-order valence-corrected chi connectivity index (χ1v) is 7.22. The Morgan fingerprint density at radius 3 is 2.04 bits per heavy atom. The summed E-state index contributed by atoms with van der Waals surface area (Å²) in [5.41, 5.74) is 1.22. The van der Waals surface area contributed by atoms with Crippen LogP contribution in [0.5, 0.6) is 11.5 Å². The summed E-state index contributed by atoms with van der Waals surface area (Å²) in [6, 6.07) is 13.7. The molecule has 0 fully saturated rings. The van der Waals surface area contributed by atoms with Gasteiger partial charge in [0.25, 0.3) is 5.91 Å². The number of rotatable bonds is 6. The molecule has 0 aliphatic carbocycles. The number of ketones is 1. The lowest BCUT2D eigenvalue weighted by Crippen LogP contribution is -2.30. The number of ether oxygens (including phenoxy) is 2. The van der Waals surface area contributed by atoms with Crippen LogP contribution < -0.4 is 14.8 Å². The van der Waals surface area contributed by atoms with E-state index in [1.165, 1.54) is 6.92 Å². The first-order valence-electron chi connectivity index (χ1n) is 7.22. The second-order valence-electron chi connectivity index (χ2n) is 5.06. The molecule has 0 aliphatic heterocycles. The quantitative estimate of drug-likeness (QED) is 0.831. The molecule has 1 N–H and O–H groups in total. The normalized spacial score (nSPS) is 11.4. The molecule has 0 radical (unpaired) electrons. The number of Topliss-reactive ketones (excluding diaryl/α,β-unsaturated/α-hetero) is 1. The fourth-order valence-electron chi connectivity index (χ4n) is 1.94. The van der Waals surface area contributed by atoms with Crippen molar-refractivity contribution in [1.82, 2.24) is 0 Å². The molecule has 0 heterocycles.